The quantitative estimate of drug-likeness (QED) is 0.260. The molecule has 3 aromatic carbocycles. The normalized spacial score (nSPS) is 16.5. The largest absolute Gasteiger partial charge is 0.382 e. The monoisotopic (exact) mass is 610 g/mol. The number of carbonyl (C=O) groups is 1. The second-order valence-corrected chi connectivity index (χ2v) is 11.9. The molecule has 10 radical (unpaired) electrons. The summed E-state index contributed by atoms with van der Waals surface area (Å²) in [5, 5.41) is 12.8. The van der Waals surface area contributed by atoms with Gasteiger partial charge in [-0.3, -0.25) is 9.89 Å². The Bertz CT molecular complexity index is 1730. The molecule has 46 heavy (non-hydrogen) atoms. The van der Waals surface area contributed by atoms with Gasteiger partial charge < -0.3 is 25.2 Å². The average Bonchev–Trinajstić information content (AvgIpc) is 3.40. The van der Waals surface area contributed by atoms with Crippen molar-refractivity contribution in [2.24, 2.45) is 0 Å². The van der Waals surface area contributed by atoms with Crippen LogP contribution in [-0.2, 0) is 11.2 Å². The Labute approximate surface area is 273 Å². The van der Waals surface area contributed by atoms with Crippen molar-refractivity contribution >= 4 is 84.2 Å². The molecule has 6 rings (SSSR count). The number of anilines is 3. The molecule has 0 bridgehead atoms. The molecule has 0 aliphatic carbocycles. The maximum Gasteiger partial charge on any atom is 0.258 e. The summed E-state index contributed by atoms with van der Waals surface area (Å²) >= 11 is 0. The number of amides is 1. The molecular formula is C31H29B5F2N6O2. The van der Waals surface area contributed by atoms with Crippen LogP contribution in [0, 0.1) is 11.6 Å². The van der Waals surface area contributed by atoms with E-state index in [2.05, 4.69) is 20.8 Å². The lowest BCUT2D eigenvalue weighted by atomic mass is 9.48. The van der Waals surface area contributed by atoms with Crippen molar-refractivity contribution in [1.82, 2.24) is 15.1 Å². The maximum absolute atomic E-state index is 13.9. The summed E-state index contributed by atoms with van der Waals surface area (Å²) in [7, 11) is 31.1. The van der Waals surface area contributed by atoms with Gasteiger partial charge in [0.05, 0.1) is 34.6 Å². The van der Waals surface area contributed by atoms with Gasteiger partial charge in [-0.2, -0.15) is 5.10 Å². The van der Waals surface area contributed by atoms with Crippen molar-refractivity contribution in [3.05, 3.63) is 70.8 Å². The van der Waals surface area contributed by atoms with E-state index >= 15 is 0 Å². The molecule has 8 nitrogen and oxygen atoms in total. The zero-order valence-electron chi connectivity index (χ0n) is 25.3. The van der Waals surface area contributed by atoms with Crippen molar-refractivity contribution < 1.29 is 18.3 Å². The molecule has 1 aromatic heterocycles. The summed E-state index contributed by atoms with van der Waals surface area (Å²) < 4.78 is 33.1. The molecule has 3 N–H and O–H groups in total. The van der Waals surface area contributed by atoms with Crippen molar-refractivity contribution in [3.63, 3.8) is 0 Å². The van der Waals surface area contributed by atoms with Crippen molar-refractivity contribution in [2.75, 3.05) is 54.9 Å². The van der Waals surface area contributed by atoms with Crippen LogP contribution in [0.4, 0.5) is 26.0 Å². The first-order valence-electron chi connectivity index (χ1n) is 15.1. The number of nitrogens with zero attached hydrogens (tertiary/aromatic N) is 3. The van der Waals surface area contributed by atoms with Crippen molar-refractivity contribution in [2.45, 2.75) is 30.5 Å². The Morgan fingerprint density at radius 2 is 1.67 bits per heavy atom. The second-order valence-electron chi connectivity index (χ2n) is 11.9. The van der Waals surface area contributed by atoms with Gasteiger partial charge >= 0.3 is 0 Å². The lowest BCUT2D eigenvalue weighted by molar-refractivity contribution is 0.0904. The van der Waals surface area contributed by atoms with Crippen LogP contribution in [0.25, 0.3) is 10.9 Å². The Hall–Kier alpha value is -3.70. The van der Waals surface area contributed by atoms with Gasteiger partial charge in [-0.25, -0.2) is 8.78 Å². The average molecular weight is 610 g/mol. The zero-order valence-corrected chi connectivity index (χ0v) is 25.3. The molecule has 0 unspecified atom stereocenters. The fraction of sp³-hybridized carbons (Fsp3) is 0.355. The van der Waals surface area contributed by atoms with Crippen LogP contribution in [-0.4, -0.2) is 111 Å². The van der Waals surface area contributed by atoms with Crippen LogP contribution in [0.1, 0.15) is 34.3 Å². The molecule has 0 atom stereocenters. The summed E-state index contributed by atoms with van der Waals surface area (Å²) in [4.78, 5) is 17.7. The lowest BCUT2D eigenvalue weighted by Gasteiger charge is -2.45. The molecule has 2 aliphatic heterocycles. The minimum Gasteiger partial charge on any atom is -0.382 e. The number of hydrogen-bond donors (Lipinski definition) is 3. The van der Waals surface area contributed by atoms with E-state index in [4.69, 9.17) is 44.0 Å². The van der Waals surface area contributed by atoms with E-state index in [9.17, 15) is 13.6 Å². The van der Waals surface area contributed by atoms with Crippen LogP contribution in [0.2, 0.25) is 0 Å². The van der Waals surface area contributed by atoms with E-state index in [1.807, 2.05) is 17.0 Å². The number of nitrogens with one attached hydrogen (secondary N) is 3. The van der Waals surface area contributed by atoms with Gasteiger partial charge in [-0.05, 0) is 54.7 Å². The van der Waals surface area contributed by atoms with Gasteiger partial charge in [-0.1, -0.05) is 28.3 Å². The topological polar surface area (TPSA) is 85.5 Å². The molecule has 1 amide bonds. The number of H-pyrrole nitrogens is 1. The molecule has 0 spiro atoms. The predicted octanol–water partition coefficient (Wildman–Crippen LogP) is 1.10. The van der Waals surface area contributed by atoms with Gasteiger partial charge in [0, 0.05) is 68.3 Å². The van der Waals surface area contributed by atoms with Crippen LogP contribution in [0.15, 0.2) is 42.5 Å². The third-order valence-corrected chi connectivity index (χ3v) is 8.51. The lowest BCUT2D eigenvalue weighted by Crippen LogP contribution is -2.59. The molecule has 2 saturated heterocycles. The highest BCUT2D eigenvalue weighted by molar-refractivity contribution is 6.59. The summed E-state index contributed by atoms with van der Waals surface area (Å²) in [6.45, 7) is 3.21. The molecule has 4 aromatic rings. The molecule has 2 fully saturated rings. The van der Waals surface area contributed by atoms with Gasteiger partial charge in [0.1, 0.15) is 27.3 Å². The minimum absolute atomic E-state index is 0.0321. The number of rotatable bonds is 8. The number of piperazine rings is 1. The first kappa shape index (κ1) is 32.3. The maximum atomic E-state index is 13.9. The van der Waals surface area contributed by atoms with Gasteiger partial charge in [-0.15, -0.1) is 0 Å². The van der Waals surface area contributed by atoms with Crippen LogP contribution >= 0.6 is 0 Å². The van der Waals surface area contributed by atoms with E-state index in [1.165, 1.54) is 12.1 Å². The number of benzene rings is 3. The van der Waals surface area contributed by atoms with Crippen LogP contribution in [0.5, 0.6) is 0 Å². The molecule has 224 valence electrons. The first-order chi connectivity index (χ1) is 22.0. The van der Waals surface area contributed by atoms with Gasteiger partial charge in [0.25, 0.3) is 5.91 Å². The number of carbonyl (C=O) groups excluding carboxylic acids is 1. The number of halogens is 2. The number of aromatic amines is 1. The number of hydrogen-bond acceptors (Lipinski definition) is 6. The Kier molecular flexibility index (Phi) is 9.25. The van der Waals surface area contributed by atoms with Crippen molar-refractivity contribution in [3.8, 4) is 0 Å². The first-order valence-corrected chi connectivity index (χ1v) is 15.1. The standard InChI is InChI=1S/C31H29B5F2N6O2/c32-24-16-23(27(39-21-3-9-46-10-4-21)26(33)28(24)43-5-7-44(8-6-43)31(34,35)36)30(45)40-29-22-14-17(1-2-25(22)41-42-29)11-18-12-19(37)15-20(38)13-18/h1-2,12-16,21,39H,3-11H2,(H2,40,41,42,45). The van der Waals surface area contributed by atoms with E-state index in [-0.39, 0.29) is 23.8 Å². The number of aromatic nitrogens is 2. The third kappa shape index (κ3) is 7.00. The minimum atomic E-state index is -1.44. The summed E-state index contributed by atoms with van der Waals surface area (Å²) in [5.41, 5.74) is 3.97. The highest BCUT2D eigenvalue weighted by Crippen LogP contribution is 2.27. The van der Waals surface area contributed by atoms with E-state index < -0.39 is 22.8 Å². The SMILES string of the molecule is [B]c1cc(C(=O)Nc2n[nH]c3ccc(Cc4cc(F)cc(F)c4)cc23)c(NC2CCOCC2)c([B])c1N1CCN(C([B])([B])[B])CC1. The van der Waals surface area contributed by atoms with Gasteiger partial charge in [0.15, 0.2) is 5.82 Å². The van der Waals surface area contributed by atoms with Crippen molar-refractivity contribution in [1.29, 1.82) is 0 Å². The Balaban J connectivity index is 1.30. The third-order valence-electron chi connectivity index (χ3n) is 8.51. The van der Waals surface area contributed by atoms with E-state index in [1.54, 1.807) is 17.0 Å². The molecular weight excluding hydrogens is 580 g/mol. The van der Waals surface area contributed by atoms with E-state index in [0.717, 1.165) is 24.5 Å². The summed E-state index contributed by atoms with van der Waals surface area (Å²) in [6.07, 6.45) is 1.77. The zero-order chi connectivity index (χ0) is 32.6. The second kappa shape index (κ2) is 13.2. The highest BCUT2D eigenvalue weighted by Gasteiger charge is 2.29. The highest BCUT2D eigenvalue weighted by atomic mass is 19.1. The number of ether oxygens (including phenoxy) is 1. The summed E-state index contributed by atoms with van der Waals surface area (Å²) in [6, 6.07) is 10.5. The number of fused-ring (bicyclic) bond motifs is 1. The fourth-order valence-electron chi connectivity index (χ4n) is 6.16. The predicted molar refractivity (Wildman–Crippen MR) is 182 cm³/mol. The Morgan fingerprint density at radius 3 is 2.35 bits per heavy atom. The molecule has 0 saturated carbocycles. The van der Waals surface area contributed by atoms with E-state index in [0.29, 0.717) is 78.2 Å². The smallest absolute Gasteiger partial charge is 0.258 e. The molecule has 3 heterocycles. The Morgan fingerprint density at radius 1 is 0.978 bits per heavy atom. The van der Waals surface area contributed by atoms with Crippen LogP contribution in [0.3, 0.4) is 0 Å². The molecule has 2 aliphatic rings. The van der Waals surface area contributed by atoms with Crippen LogP contribution < -0.4 is 26.5 Å². The fourth-order valence-corrected chi connectivity index (χ4v) is 6.16. The molecule has 15 heteroatoms. The summed E-state index contributed by atoms with van der Waals surface area (Å²) in [5.74, 6) is -1.47. The van der Waals surface area contributed by atoms with Gasteiger partial charge in [0.2, 0.25) is 0 Å².